The van der Waals surface area contributed by atoms with Gasteiger partial charge in [-0.15, -0.1) is 0 Å². The zero-order valence-electron chi connectivity index (χ0n) is 14.5. The van der Waals surface area contributed by atoms with Gasteiger partial charge in [0.25, 0.3) is 0 Å². The van der Waals surface area contributed by atoms with Crippen LogP contribution in [0.25, 0.3) is 22.4 Å². The standard InChI is InChI=1S/C19H19ClFN5O/c20-12-4-13-14(6-23-17(13)22-5-12)18-24-7-15(21)19(26-18)25-16-10-1-9(2-10)3-11(16)8-27/h4-7,9-11,16,27H,1-3,8H2,(H,22,23)(H,24,25,26)/t9-,10+,11-,16?/m1/s1. The highest BCUT2D eigenvalue weighted by Gasteiger charge is 2.45. The van der Waals surface area contributed by atoms with Gasteiger partial charge in [0.1, 0.15) is 5.65 Å². The number of H-pyrrole nitrogens is 1. The van der Waals surface area contributed by atoms with Crippen LogP contribution in [0.1, 0.15) is 19.3 Å². The van der Waals surface area contributed by atoms with Gasteiger partial charge in [-0.05, 0) is 37.2 Å². The third-order valence-electron chi connectivity index (χ3n) is 5.94. The van der Waals surface area contributed by atoms with E-state index >= 15 is 0 Å². The van der Waals surface area contributed by atoms with E-state index in [1.165, 1.54) is 6.20 Å². The van der Waals surface area contributed by atoms with Crippen LogP contribution in [0.5, 0.6) is 0 Å². The molecule has 0 aromatic carbocycles. The van der Waals surface area contributed by atoms with E-state index in [1.807, 2.05) is 0 Å². The zero-order valence-corrected chi connectivity index (χ0v) is 15.2. The molecule has 3 aliphatic rings. The minimum atomic E-state index is -0.493. The second kappa shape index (κ2) is 6.42. The number of nitrogens with one attached hydrogen (secondary N) is 2. The molecule has 3 fully saturated rings. The van der Waals surface area contributed by atoms with E-state index in [0.29, 0.717) is 33.9 Å². The van der Waals surface area contributed by atoms with Crippen molar-refractivity contribution in [3.8, 4) is 11.4 Å². The number of fused-ring (bicyclic) bond motifs is 3. The summed E-state index contributed by atoms with van der Waals surface area (Å²) in [4.78, 5) is 15.9. The Labute approximate surface area is 160 Å². The SMILES string of the molecule is OC[C@H]1C[C@H]2C[C@H](C2)C1Nc1nc(-c2c[nH]c3ncc(Cl)cc23)ncc1F. The second-order valence-electron chi connectivity index (χ2n) is 7.59. The fourth-order valence-electron chi connectivity index (χ4n) is 4.58. The fraction of sp³-hybridized carbons (Fsp3) is 0.421. The van der Waals surface area contributed by atoms with Gasteiger partial charge in [0.05, 0.1) is 11.2 Å². The number of halogens is 2. The van der Waals surface area contributed by atoms with E-state index in [-0.39, 0.29) is 24.4 Å². The highest BCUT2D eigenvalue weighted by Crippen LogP contribution is 2.49. The minimum absolute atomic E-state index is 0.0383. The number of aliphatic hydroxyl groups excluding tert-OH is 1. The first-order chi connectivity index (χ1) is 13.1. The lowest BCUT2D eigenvalue weighted by atomic mass is 9.59. The van der Waals surface area contributed by atoms with Crippen molar-refractivity contribution in [1.29, 1.82) is 0 Å². The number of rotatable bonds is 4. The van der Waals surface area contributed by atoms with E-state index in [9.17, 15) is 9.50 Å². The van der Waals surface area contributed by atoms with Crippen LogP contribution < -0.4 is 5.32 Å². The number of hydrogen-bond donors (Lipinski definition) is 3. The molecule has 3 heterocycles. The molecular formula is C19H19ClFN5O. The van der Waals surface area contributed by atoms with Gasteiger partial charge in [0.15, 0.2) is 17.5 Å². The third-order valence-corrected chi connectivity index (χ3v) is 6.15. The maximum absolute atomic E-state index is 14.4. The summed E-state index contributed by atoms with van der Waals surface area (Å²) >= 11 is 6.06. The molecule has 0 saturated heterocycles. The van der Waals surface area contributed by atoms with Crippen LogP contribution in [0, 0.1) is 23.6 Å². The molecule has 2 atom stereocenters. The van der Waals surface area contributed by atoms with Crippen molar-refractivity contribution in [3.05, 3.63) is 35.5 Å². The predicted octanol–water partition coefficient (Wildman–Crippen LogP) is 3.63. The Balaban J connectivity index is 1.50. The van der Waals surface area contributed by atoms with Crippen LogP contribution in [-0.2, 0) is 0 Å². The molecule has 1 unspecified atom stereocenters. The third kappa shape index (κ3) is 2.85. The van der Waals surface area contributed by atoms with Crippen LogP contribution in [-0.4, -0.2) is 37.7 Å². The summed E-state index contributed by atoms with van der Waals surface area (Å²) < 4.78 is 14.4. The fourth-order valence-corrected chi connectivity index (χ4v) is 4.73. The van der Waals surface area contributed by atoms with Gasteiger partial charge in [-0.1, -0.05) is 11.6 Å². The van der Waals surface area contributed by atoms with Crippen molar-refractivity contribution in [2.75, 3.05) is 11.9 Å². The number of aliphatic hydroxyl groups is 1. The van der Waals surface area contributed by atoms with Gasteiger partial charge in [-0.25, -0.2) is 19.3 Å². The summed E-state index contributed by atoms with van der Waals surface area (Å²) in [6.45, 7) is 0.108. The zero-order chi connectivity index (χ0) is 18.5. The summed E-state index contributed by atoms with van der Waals surface area (Å²) in [5.74, 6) is 1.40. The van der Waals surface area contributed by atoms with Crippen molar-refractivity contribution in [1.82, 2.24) is 19.9 Å². The normalized spacial score (nSPS) is 26.8. The average Bonchev–Trinajstić information content (AvgIpc) is 3.05. The first kappa shape index (κ1) is 16.9. The summed E-state index contributed by atoms with van der Waals surface area (Å²) in [5.41, 5.74) is 1.39. The smallest absolute Gasteiger partial charge is 0.183 e. The Morgan fingerprint density at radius 3 is 2.93 bits per heavy atom. The molecule has 8 heteroatoms. The lowest BCUT2D eigenvalue weighted by Gasteiger charge is -2.51. The Bertz CT molecular complexity index is 1000. The Hall–Kier alpha value is -2.25. The Morgan fingerprint density at radius 2 is 2.11 bits per heavy atom. The van der Waals surface area contributed by atoms with Gasteiger partial charge in [0, 0.05) is 41.9 Å². The van der Waals surface area contributed by atoms with Crippen LogP contribution in [0.15, 0.2) is 24.7 Å². The molecule has 3 aromatic rings. The second-order valence-corrected chi connectivity index (χ2v) is 8.02. The lowest BCUT2D eigenvalue weighted by Crippen LogP contribution is -2.51. The molecule has 6 rings (SSSR count). The molecule has 0 spiro atoms. The van der Waals surface area contributed by atoms with Crippen LogP contribution in [0.3, 0.4) is 0 Å². The summed E-state index contributed by atoms with van der Waals surface area (Å²) in [6.07, 6.45) is 7.75. The molecule has 6 nitrogen and oxygen atoms in total. The predicted molar refractivity (Wildman–Crippen MR) is 101 cm³/mol. The van der Waals surface area contributed by atoms with Gasteiger partial charge < -0.3 is 15.4 Å². The number of nitrogens with zero attached hydrogens (tertiary/aromatic N) is 3. The molecule has 27 heavy (non-hydrogen) atoms. The van der Waals surface area contributed by atoms with Crippen LogP contribution in [0.2, 0.25) is 5.02 Å². The summed E-state index contributed by atoms with van der Waals surface area (Å²) in [5, 5.41) is 14.3. The number of pyridine rings is 1. The highest BCUT2D eigenvalue weighted by atomic mass is 35.5. The topological polar surface area (TPSA) is 86.7 Å². The molecular weight excluding hydrogens is 369 g/mol. The molecule has 3 aromatic heterocycles. The number of anilines is 1. The van der Waals surface area contributed by atoms with E-state index in [4.69, 9.17) is 11.6 Å². The minimum Gasteiger partial charge on any atom is -0.396 e. The van der Waals surface area contributed by atoms with Gasteiger partial charge in [-0.3, -0.25) is 0 Å². The number of hydrogen-bond acceptors (Lipinski definition) is 5. The molecule has 2 bridgehead atoms. The van der Waals surface area contributed by atoms with Gasteiger partial charge in [-0.2, -0.15) is 0 Å². The molecule has 140 valence electrons. The molecule has 0 radical (unpaired) electrons. The van der Waals surface area contributed by atoms with Crippen LogP contribution >= 0.6 is 11.6 Å². The van der Waals surface area contributed by atoms with Crippen LogP contribution in [0.4, 0.5) is 10.2 Å². The van der Waals surface area contributed by atoms with Crippen molar-refractivity contribution < 1.29 is 9.50 Å². The first-order valence-electron chi connectivity index (χ1n) is 9.15. The lowest BCUT2D eigenvalue weighted by molar-refractivity contribution is 0.0239. The molecule has 3 aliphatic carbocycles. The quantitative estimate of drug-likeness (QED) is 0.636. The molecule has 3 saturated carbocycles. The maximum atomic E-state index is 14.4. The first-order valence-corrected chi connectivity index (χ1v) is 9.53. The van der Waals surface area contributed by atoms with E-state index < -0.39 is 5.82 Å². The number of aromatic amines is 1. The number of aromatic nitrogens is 4. The van der Waals surface area contributed by atoms with Gasteiger partial charge in [0.2, 0.25) is 0 Å². The van der Waals surface area contributed by atoms with Gasteiger partial charge >= 0.3 is 0 Å². The molecule has 0 amide bonds. The largest absolute Gasteiger partial charge is 0.396 e. The van der Waals surface area contributed by atoms with E-state index in [2.05, 4.69) is 25.3 Å². The summed E-state index contributed by atoms with van der Waals surface area (Å²) in [6, 6.07) is 1.82. The Kier molecular flexibility index (Phi) is 4.02. The van der Waals surface area contributed by atoms with Crippen molar-refractivity contribution in [2.24, 2.45) is 17.8 Å². The maximum Gasteiger partial charge on any atom is 0.183 e. The van der Waals surface area contributed by atoms with Crippen molar-refractivity contribution >= 4 is 28.5 Å². The average molecular weight is 388 g/mol. The highest BCUT2D eigenvalue weighted by molar-refractivity contribution is 6.31. The Morgan fingerprint density at radius 1 is 1.26 bits per heavy atom. The van der Waals surface area contributed by atoms with Crippen molar-refractivity contribution in [2.45, 2.75) is 25.3 Å². The van der Waals surface area contributed by atoms with Crippen molar-refractivity contribution in [3.63, 3.8) is 0 Å². The van der Waals surface area contributed by atoms with E-state index in [1.54, 1.807) is 18.5 Å². The molecule has 0 aliphatic heterocycles. The van der Waals surface area contributed by atoms with E-state index in [0.717, 1.165) is 24.6 Å². The summed E-state index contributed by atoms with van der Waals surface area (Å²) in [7, 11) is 0. The molecule has 3 N–H and O–H groups in total. The monoisotopic (exact) mass is 387 g/mol.